The van der Waals surface area contributed by atoms with Gasteiger partial charge in [-0.15, -0.1) is 0 Å². The SMILES string of the molecule is CCCC1CCC2OC3C(C(O)CCCC3(O)C(C)(O)C3CCC4(O)C5=C(NCC(O)C6CCCCC6)C(=O)C6CC(O)C(O)CC67CC(C6=C(CCCO)NC(N)C=C6)C=CC57C(O)CC34CCO)C2CC1. The number of nitrogens with one attached hydrogen (secondary N) is 2. The lowest BCUT2D eigenvalue weighted by molar-refractivity contribution is -0.267. The highest BCUT2D eigenvalue weighted by molar-refractivity contribution is 6.00. The number of hydrogen-bond acceptors (Lipinski definition) is 15. The second-order valence-corrected chi connectivity index (χ2v) is 25.6. The fourth-order valence-electron chi connectivity index (χ4n) is 18.8. The van der Waals surface area contributed by atoms with E-state index in [2.05, 4.69) is 17.6 Å². The highest BCUT2D eigenvalue weighted by Gasteiger charge is 2.80. The number of fused-ring (bicyclic) bond motifs is 5. The minimum Gasteiger partial charge on any atom is -0.396 e. The van der Waals surface area contributed by atoms with Gasteiger partial charge < -0.3 is 72.2 Å². The first-order valence-corrected chi connectivity index (χ1v) is 29.0. The standard InChI is InChI=1S/C58H91N3O12/c1-3-9-33-14-16-37-44(18-15-33)73-52-48(37)40(64)13-7-22-58(52,72)53(2,70)45-21-24-57(71)51-49(60-32-43(67)34-10-5-4-6-11-34)50(69)38-28-41(65)42(66)30-55(38)29-35(36-17-19-47(59)61-39(36)12-8-26-62)20-23-56(51,55)46(68)31-54(45,57)25-27-63/h17,19-20,23,33-35,37-38,40-48,52,60-68,70-72H,3-16,18,21-22,24-32,59H2,1-2H3. The second kappa shape index (κ2) is 20.5. The first-order valence-electron chi connectivity index (χ1n) is 29.0. The molecule has 15 heteroatoms. The summed E-state index contributed by atoms with van der Waals surface area (Å²) in [6, 6.07) is 0. The van der Waals surface area contributed by atoms with Crippen LogP contribution >= 0.6 is 0 Å². The summed E-state index contributed by atoms with van der Waals surface area (Å²) in [5, 5.41) is 131. The third-order valence-corrected chi connectivity index (χ3v) is 22.2. The largest absolute Gasteiger partial charge is 0.396 e. The monoisotopic (exact) mass is 1020 g/mol. The Morgan fingerprint density at radius 2 is 1.67 bits per heavy atom. The molecule has 0 amide bonds. The summed E-state index contributed by atoms with van der Waals surface area (Å²) in [4.78, 5) is 16.0. The van der Waals surface area contributed by atoms with Crippen molar-refractivity contribution >= 4 is 5.78 Å². The van der Waals surface area contributed by atoms with Crippen LogP contribution in [0.25, 0.3) is 0 Å². The maximum Gasteiger partial charge on any atom is 0.182 e. The number of carbonyl (C=O) groups excluding carboxylic acids is 1. The van der Waals surface area contributed by atoms with Gasteiger partial charge in [0.25, 0.3) is 0 Å². The van der Waals surface area contributed by atoms with Gasteiger partial charge in [0.1, 0.15) is 5.60 Å². The van der Waals surface area contributed by atoms with Crippen LogP contribution in [-0.4, -0.2) is 142 Å². The molecule has 0 aromatic heterocycles. The van der Waals surface area contributed by atoms with Crippen LogP contribution in [0.5, 0.6) is 0 Å². The van der Waals surface area contributed by atoms with Crippen molar-refractivity contribution in [1.82, 2.24) is 10.6 Å². The van der Waals surface area contributed by atoms with Gasteiger partial charge in [0, 0.05) is 59.6 Å². The van der Waals surface area contributed by atoms with E-state index >= 15 is 4.79 Å². The molecule has 2 spiro atoms. The Bertz CT molecular complexity index is 2160. The maximum atomic E-state index is 16.0. The quantitative estimate of drug-likeness (QED) is 0.110. The molecule has 10 aliphatic rings. The summed E-state index contributed by atoms with van der Waals surface area (Å²) in [5.41, 5.74) is -1.87. The van der Waals surface area contributed by atoms with Gasteiger partial charge in [-0.1, -0.05) is 63.7 Å². The van der Waals surface area contributed by atoms with Crippen molar-refractivity contribution < 1.29 is 60.6 Å². The molecule has 20 unspecified atom stereocenters. The van der Waals surface area contributed by atoms with Gasteiger partial charge in [0.2, 0.25) is 0 Å². The van der Waals surface area contributed by atoms with Gasteiger partial charge in [-0.2, -0.15) is 0 Å². The Hall–Kier alpha value is -2.25. The number of allylic oxidation sites excluding steroid dienone is 5. The van der Waals surface area contributed by atoms with E-state index in [-0.39, 0.29) is 105 Å². The lowest BCUT2D eigenvalue weighted by Gasteiger charge is -2.70. The summed E-state index contributed by atoms with van der Waals surface area (Å²) in [7, 11) is 0. The van der Waals surface area contributed by atoms with E-state index in [4.69, 9.17) is 10.5 Å². The lowest BCUT2D eigenvalue weighted by Crippen LogP contribution is -2.75. The molecule has 6 saturated carbocycles. The molecular weight excluding hydrogens is 931 g/mol. The van der Waals surface area contributed by atoms with Crippen molar-refractivity contribution in [2.75, 3.05) is 19.8 Å². The Balaban J connectivity index is 1.12. The molecule has 7 fully saturated rings. The number of aliphatic hydroxyl groups is 10. The zero-order chi connectivity index (χ0) is 51.9. The highest BCUT2D eigenvalue weighted by Crippen LogP contribution is 2.78. The number of carbonyl (C=O) groups is 1. The number of aliphatic hydroxyl groups excluding tert-OH is 7. The smallest absolute Gasteiger partial charge is 0.182 e. The fourth-order valence-corrected chi connectivity index (χ4v) is 18.8. The van der Waals surface area contributed by atoms with Gasteiger partial charge in [0.05, 0.1) is 65.8 Å². The first-order chi connectivity index (χ1) is 34.9. The Kier molecular flexibility index (Phi) is 15.2. The van der Waals surface area contributed by atoms with Crippen LogP contribution in [0.4, 0.5) is 0 Å². The van der Waals surface area contributed by atoms with Crippen molar-refractivity contribution in [3.05, 3.63) is 46.8 Å². The molecule has 410 valence electrons. The molecule has 2 aliphatic heterocycles. The number of Topliss-reactive ketones (excluding diaryl/α,β-unsaturated/α-hetero) is 1. The molecule has 1 saturated heterocycles. The molecule has 15 nitrogen and oxygen atoms in total. The molecule has 0 bridgehead atoms. The fraction of sp³-hybridized carbons (Fsp3) is 0.845. The number of dihydropyridines is 1. The van der Waals surface area contributed by atoms with Crippen LogP contribution in [0.2, 0.25) is 0 Å². The maximum absolute atomic E-state index is 16.0. The number of hydrogen-bond donors (Lipinski definition) is 13. The minimum absolute atomic E-state index is 0.00316. The molecular formula is C58H91N3O12. The third kappa shape index (κ3) is 8.36. The van der Waals surface area contributed by atoms with Crippen molar-refractivity contribution in [2.24, 2.45) is 63.4 Å². The van der Waals surface area contributed by atoms with E-state index in [0.717, 1.165) is 81.9 Å². The number of nitrogens with two attached hydrogens (primary N) is 1. The Labute approximate surface area is 432 Å². The molecule has 2 heterocycles. The second-order valence-electron chi connectivity index (χ2n) is 25.6. The topological polar surface area (TPSA) is 279 Å². The normalized spacial score (nSPS) is 47.0. The van der Waals surface area contributed by atoms with Crippen LogP contribution in [0.1, 0.15) is 162 Å². The van der Waals surface area contributed by atoms with Crippen molar-refractivity contribution in [2.45, 2.75) is 227 Å². The summed E-state index contributed by atoms with van der Waals surface area (Å²) < 4.78 is 7.02. The van der Waals surface area contributed by atoms with E-state index in [0.29, 0.717) is 31.6 Å². The summed E-state index contributed by atoms with van der Waals surface area (Å²) in [6.07, 6.45) is 13.3. The van der Waals surface area contributed by atoms with Crippen LogP contribution < -0.4 is 16.4 Å². The van der Waals surface area contributed by atoms with Gasteiger partial charge >= 0.3 is 0 Å². The predicted molar refractivity (Wildman–Crippen MR) is 273 cm³/mol. The molecule has 0 aromatic rings. The number of ether oxygens (including phenoxy) is 1. The average Bonchev–Trinajstić information content (AvgIpc) is 3.76. The lowest BCUT2D eigenvalue weighted by atomic mass is 9.34. The predicted octanol–water partition coefficient (Wildman–Crippen LogP) is 3.80. The van der Waals surface area contributed by atoms with Crippen LogP contribution in [0.15, 0.2) is 46.8 Å². The zero-order valence-corrected chi connectivity index (χ0v) is 43.7. The van der Waals surface area contributed by atoms with E-state index in [1.54, 1.807) is 6.92 Å². The Morgan fingerprint density at radius 1 is 0.904 bits per heavy atom. The van der Waals surface area contributed by atoms with E-state index in [1.165, 1.54) is 0 Å². The van der Waals surface area contributed by atoms with Gasteiger partial charge in [-0.05, 0) is 157 Å². The van der Waals surface area contributed by atoms with Crippen LogP contribution in [-0.2, 0) is 9.53 Å². The third-order valence-electron chi connectivity index (χ3n) is 22.2. The molecule has 20 atom stereocenters. The Morgan fingerprint density at radius 3 is 2.41 bits per heavy atom. The van der Waals surface area contributed by atoms with Gasteiger partial charge in [-0.3, -0.25) is 4.79 Å². The summed E-state index contributed by atoms with van der Waals surface area (Å²) >= 11 is 0. The number of ketones is 1. The van der Waals surface area contributed by atoms with E-state index in [1.807, 2.05) is 24.3 Å². The molecule has 8 aliphatic carbocycles. The van der Waals surface area contributed by atoms with Crippen molar-refractivity contribution in [1.29, 1.82) is 0 Å². The van der Waals surface area contributed by atoms with Crippen molar-refractivity contribution in [3.8, 4) is 0 Å². The number of rotatable bonds is 14. The van der Waals surface area contributed by atoms with Crippen LogP contribution in [0, 0.1) is 57.7 Å². The summed E-state index contributed by atoms with van der Waals surface area (Å²) in [5.74, 6) is -2.53. The molecule has 73 heavy (non-hydrogen) atoms. The average molecular weight is 1020 g/mol. The molecule has 10 rings (SSSR count). The van der Waals surface area contributed by atoms with Crippen molar-refractivity contribution in [3.63, 3.8) is 0 Å². The summed E-state index contributed by atoms with van der Waals surface area (Å²) in [6.45, 7) is 3.35. The van der Waals surface area contributed by atoms with Crippen LogP contribution in [0.3, 0.4) is 0 Å². The van der Waals surface area contributed by atoms with Gasteiger partial charge in [0.15, 0.2) is 5.78 Å². The minimum atomic E-state index is -2.01. The van der Waals surface area contributed by atoms with E-state index in [9.17, 15) is 51.1 Å². The molecule has 0 radical (unpaired) electrons. The molecule has 14 N–H and O–H groups in total. The highest BCUT2D eigenvalue weighted by atomic mass is 16.5. The van der Waals surface area contributed by atoms with Gasteiger partial charge in [-0.25, -0.2) is 0 Å². The molecule has 0 aromatic carbocycles. The first kappa shape index (κ1) is 54.1. The van der Waals surface area contributed by atoms with E-state index < -0.39 is 100 Å². The zero-order valence-electron chi connectivity index (χ0n) is 43.7.